The third-order valence-electron chi connectivity index (χ3n) is 7.10. The molecule has 162 valence electrons. The molecule has 0 unspecified atom stereocenters. The Morgan fingerprint density at radius 2 is 0.706 bits per heavy atom. The molecular weight excluding hydrogens is 454 g/mol. The Kier molecular flexibility index (Phi) is 4.13. The molecule has 5 aromatic rings. The second-order valence-corrected chi connectivity index (χ2v) is 14.2. The van der Waals surface area contributed by atoms with Gasteiger partial charge in [-0.2, -0.15) is 0 Å². The molecule has 0 aromatic heterocycles. The van der Waals surface area contributed by atoms with E-state index in [9.17, 15) is 9.13 Å². The van der Waals surface area contributed by atoms with Crippen LogP contribution in [0.1, 0.15) is 0 Å². The predicted octanol–water partition coefficient (Wildman–Crippen LogP) is 4.93. The van der Waals surface area contributed by atoms with E-state index in [0.717, 1.165) is 54.1 Å². The third kappa shape index (κ3) is 2.43. The standard InChI is InChI=1S/C30H20O2P2/c31-33(21-11-3-1-4-12-21)27-17-9-7-15-23(27)25-20-30-26(19-29(25)33)24-16-8-10-18-28(24)34(30,32)22-13-5-2-6-14-22/h1-20H/t33-,34+. The van der Waals surface area contributed by atoms with Crippen LogP contribution in [0.4, 0.5) is 0 Å². The Hall–Kier alpha value is -3.44. The maximum Gasteiger partial charge on any atom is 0.172 e. The van der Waals surface area contributed by atoms with E-state index >= 15 is 0 Å². The van der Waals surface area contributed by atoms with Gasteiger partial charge in [-0.15, -0.1) is 0 Å². The summed E-state index contributed by atoms with van der Waals surface area (Å²) in [5, 5.41) is 5.08. The van der Waals surface area contributed by atoms with Crippen molar-refractivity contribution in [2.24, 2.45) is 0 Å². The average molecular weight is 474 g/mol. The van der Waals surface area contributed by atoms with E-state index in [-0.39, 0.29) is 0 Å². The Morgan fingerprint density at radius 1 is 0.353 bits per heavy atom. The molecular formula is C30H20O2P2. The summed E-state index contributed by atoms with van der Waals surface area (Å²) < 4.78 is 29.9. The molecule has 2 aliphatic heterocycles. The van der Waals surface area contributed by atoms with Gasteiger partial charge in [-0.05, 0) is 34.4 Å². The van der Waals surface area contributed by atoms with Crippen LogP contribution in [0, 0.1) is 0 Å². The molecule has 0 fully saturated rings. The van der Waals surface area contributed by atoms with E-state index in [1.165, 1.54) is 0 Å². The van der Waals surface area contributed by atoms with Gasteiger partial charge in [0, 0.05) is 31.8 Å². The van der Waals surface area contributed by atoms with Gasteiger partial charge in [-0.25, -0.2) is 0 Å². The molecule has 0 saturated carbocycles. The van der Waals surface area contributed by atoms with Crippen LogP contribution in [0.25, 0.3) is 22.3 Å². The van der Waals surface area contributed by atoms with Gasteiger partial charge >= 0.3 is 0 Å². The summed E-state index contributed by atoms with van der Waals surface area (Å²) >= 11 is 0. The number of rotatable bonds is 2. The molecule has 2 heterocycles. The largest absolute Gasteiger partial charge is 0.309 e. The van der Waals surface area contributed by atoms with Crippen molar-refractivity contribution in [1.29, 1.82) is 0 Å². The van der Waals surface area contributed by atoms with Crippen LogP contribution in [0.5, 0.6) is 0 Å². The van der Waals surface area contributed by atoms with Crippen molar-refractivity contribution < 1.29 is 9.13 Å². The zero-order valence-corrected chi connectivity index (χ0v) is 20.0. The van der Waals surface area contributed by atoms with Crippen molar-refractivity contribution in [1.82, 2.24) is 0 Å². The minimum absolute atomic E-state index is 0.832. The molecule has 2 aliphatic rings. The molecule has 0 N–H and O–H groups in total. The van der Waals surface area contributed by atoms with Crippen LogP contribution in [-0.2, 0) is 9.13 Å². The molecule has 5 aromatic carbocycles. The second kappa shape index (κ2) is 7.03. The Bertz CT molecular complexity index is 1580. The summed E-state index contributed by atoms with van der Waals surface area (Å²) in [6.07, 6.45) is 0. The van der Waals surface area contributed by atoms with Gasteiger partial charge in [0.1, 0.15) is 0 Å². The summed E-state index contributed by atoms with van der Waals surface area (Å²) in [6, 6.07) is 39.6. The van der Waals surface area contributed by atoms with Crippen molar-refractivity contribution in [2.75, 3.05) is 0 Å². The molecule has 4 heteroatoms. The van der Waals surface area contributed by atoms with Crippen LogP contribution >= 0.6 is 14.3 Å². The lowest BCUT2D eigenvalue weighted by molar-refractivity contribution is 0.592. The van der Waals surface area contributed by atoms with Gasteiger partial charge in [0.25, 0.3) is 0 Å². The molecule has 0 aliphatic carbocycles. The Labute approximate surface area is 198 Å². The fraction of sp³-hybridized carbons (Fsp3) is 0. The highest BCUT2D eigenvalue weighted by molar-refractivity contribution is 7.87. The van der Waals surface area contributed by atoms with Crippen molar-refractivity contribution in [3.8, 4) is 22.3 Å². The summed E-state index contributed by atoms with van der Waals surface area (Å²) in [7, 11) is -6.10. The van der Waals surface area contributed by atoms with Crippen LogP contribution in [0.3, 0.4) is 0 Å². The first-order valence-corrected chi connectivity index (χ1v) is 14.8. The van der Waals surface area contributed by atoms with Gasteiger partial charge in [0.15, 0.2) is 14.3 Å². The van der Waals surface area contributed by atoms with Gasteiger partial charge < -0.3 is 9.13 Å². The minimum Gasteiger partial charge on any atom is -0.309 e. The van der Waals surface area contributed by atoms with Gasteiger partial charge in [-0.3, -0.25) is 0 Å². The lowest BCUT2D eigenvalue weighted by atomic mass is 10.0. The lowest BCUT2D eigenvalue weighted by Crippen LogP contribution is -2.23. The first-order valence-electron chi connectivity index (χ1n) is 11.3. The van der Waals surface area contributed by atoms with E-state index < -0.39 is 14.3 Å². The highest BCUT2D eigenvalue weighted by Gasteiger charge is 2.45. The van der Waals surface area contributed by atoms with E-state index in [1.54, 1.807) is 0 Å². The number of hydrogen-bond acceptors (Lipinski definition) is 2. The van der Waals surface area contributed by atoms with E-state index in [1.807, 2.05) is 109 Å². The quantitative estimate of drug-likeness (QED) is 0.333. The SMILES string of the molecule is O=[P@]1(c2ccccc2)c2ccccc2-c2cc3c(cc21)-c1ccccc1[P@@]3(=O)c1ccccc1. The zero-order chi connectivity index (χ0) is 22.9. The molecule has 0 spiro atoms. The number of benzene rings is 5. The van der Waals surface area contributed by atoms with Crippen molar-refractivity contribution >= 4 is 46.1 Å². The summed E-state index contributed by atoms with van der Waals surface area (Å²) in [6.45, 7) is 0. The summed E-state index contributed by atoms with van der Waals surface area (Å²) in [5.41, 5.74) is 3.82. The zero-order valence-electron chi connectivity index (χ0n) is 18.3. The number of fused-ring (bicyclic) bond motifs is 6. The molecule has 0 radical (unpaired) electrons. The molecule has 2 atom stereocenters. The van der Waals surface area contributed by atoms with E-state index in [0.29, 0.717) is 0 Å². The first kappa shape index (κ1) is 20.0. The molecule has 7 rings (SSSR count). The second-order valence-electron chi connectivity index (χ2n) is 8.81. The monoisotopic (exact) mass is 474 g/mol. The topological polar surface area (TPSA) is 34.1 Å². The highest BCUT2D eigenvalue weighted by atomic mass is 31.2. The lowest BCUT2D eigenvalue weighted by Gasteiger charge is -2.18. The van der Waals surface area contributed by atoms with Crippen molar-refractivity contribution in [3.05, 3.63) is 121 Å². The molecule has 2 nitrogen and oxygen atoms in total. The van der Waals surface area contributed by atoms with Gasteiger partial charge in [0.2, 0.25) is 0 Å². The fourth-order valence-electron chi connectivity index (χ4n) is 5.57. The van der Waals surface area contributed by atoms with Crippen molar-refractivity contribution in [3.63, 3.8) is 0 Å². The van der Waals surface area contributed by atoms with Crippen LogP contribution in [0.15, 0.2) is 121 Å². The maximum absolute atomic E-state index is 14.9. The smallest absolute Gasteiger partial charge is 0.172 e. The maximum atomic E-state index is 14.9. The average Bonchev–Trinajstić information content (AvgIpc) is 3.32. The molecule has 0 amide bonds. The number of hydrogen-bond donors (Lipinski definition) is 0. The highest BCUT2D eigenvalue weighted by Crippen LogP contribution is 2.57. The Morgan fingerprint density at radius 3 is 1.12 bits per heavy atom. The van der Waals surface area contributed by atoms with E-state index in [4.69, 9.17) is 0 Å². The summed E-state index contributed by atoms with van der Waals surface area (Å²) in [5.74, 6) is 0. The molecule has 34 heavy (non-hydrogen) atoms. The molecule has 0 saturated heterocycles. The van der Waals surface area contributed by atoms with Crippen molar-refractivity contribution in [2.45, 2.75) is 0 Å². The summed E-state index contributed by atoms with van der Waals surface area (Å²) in [4.78, 5) is 0. The minimum atomic E-state index is -3.05. The molecule has 0 bridgehead atoms. The van der Waals surface area contributed by atoms with E-state index in [2.05, 4.69) is 12.1 Å². The normalized spacial score (nSPS) is 21.4. The van der Waals surface area contributed by atoms with Gasteiger partial charge in [-0.1, -0.05) is 109 Å². The predicted molar refractivity (Wildman–Crippen MR) is 143 cm³/mol. The van der Waals surface area contributed by atoms with Crippen LogP contribution in [0.2, 0.25) is 0 Å². The fourth-order valence-corrected chi connectivity index (χ4v) is 11.7. The van der Waals surface area contributed by atoms with Crippen LogP contribution in [-0.4, -0.2) is 0 Å². The Balaban J connectivity index is 1.60. The third-order valence-corrected chi connectivity index (χ3v) is 13.4. The van der Waals surface area contributed by atoms with Gasteiger partial charge in [0.05, 0.1) is 0 Å². The van der Waals surface area contributed by atoms with Crippen LogP contribution < -0.4 is 31.8 Å². The first-order chi connectivity index (χ1) is 16.6.